The number of carbonyl (C=O) groups is 2. The van der Waals surface area contributed by atoms with Gasteiger partial charge in [0.25, 0.3) is 0 Å². The number of hydrogen-bond donors (Lipinski definition) is 10. The van der Waals surface area contributed by atoms with Crippen LogP contribution >= 0.6 is 0 Å². The minimum Gasteiger partial charge on any atom is -0.504 e. The number of phenolic OH excluding ortho intramolecular Hbond substituents is 6. The number of esters is 2. The highest BCUT2D eigenvalue weighted by Gasteiger charge is 2.52. The van der Waals surface area contributed by atoms with Crippen molar-refractivity contribution in [3.05, 3.63) is 83.4 Å². The van der Waals surface area contributed by atoms with Gasteiger partial charge in [-0.05, 0) is 78.6 Å². The third-order valence-corrected chi connectivity index (χ3v) is 8.89. The Labute approximate surface area is 318 Å². The standard InChI is InChI=1S/C38H42O18/c1-18-31(47)32(48)33(49)38(53-18)56-36-34(50)37(51-13-12-21-4-9-24(41)27(44)16-21)54-28(17-52-29(45)10-5-19-2-7-22(39)25(42)14-19)35(36)55-30(46)11-6-20-3-8-23(40)26(43)15-20/h2-11,14-16,18,28,31-44,47-50H,12-13,17H2,1H3/b10-5+,11-6+/t18-,28+,31-,32+,33+,34+,35+,36+,37+,38-/m0/s1. The Morgan fingerprint density at radius 3 is 1.80 bits per heavy atom. The monoisotopic (exact) mass is 786 g/mol. The zero-order chi connectivity index (χ0) is 40.7. The highest BCUT2D eigenvalue weighted by atomic mass is 16.7. The lowest BCUT2D eigenvalue weighted by Gasteiger charge is -2.46. The second kappa shape index (κ2) is 18.5. The molecule has 2 fully saturated rings. The normalized spacial score (nSPS) is 28.0. The fourth-order valence-corrected chi connectivity index (χ4v) is 5.76. The van der Waals surface area contributed by atoms with E-state index in [9.17, 15) is 60.7 Å². The van der Waals surface area contributed by atoms with Crippen LogP contribution < -0.4 is 0 Å². The predicted octanol–water partition coefficient (Wildman–Crippen LogP) is 0.660. The first-order chi connectivity index (χ1) is 26.6. The van der Waals surface area contributed by atoms with Crippen molar-refractivity contribution in [3.8, 4) is 34.5 Å². The molecule has 3 aromatic carbocycles. The van der Waals surface area contributed by atoms with Crippen LogP contribution in [0.15, 0.2) is 66.7 Å². The van der Waals surface area contributed by atoms with E-state index in [4.69, 9.17) is 28.4 Å². The Kier molecular flexibility index (Phi) is 13.8. The summed E-state index contributed by atoms with van der Waals surface area (Å²) in [7, 11) is 0. The third kappa shape index (κ3) is 10.4. The van der Waals surface area contributed by atoms with Gasteiger partial charge in [-0.25, -0.2) is 9.59 Å². The summed E-state index contributed by atoms with van der Waals surface area (Å²) in [6, 6.07) is 11.6. The van der Waals surface area contributed by atoms with E-state index in [-0.39, 0.29) is 35.8 Å². The zero-order valence-electron chi connectivity index (χ0n) is 29.6. The van der Waals surface area contributed by atoms with Crippen molar-refractivity contribution in [2.75, 3.05) is 13.2 Å². The van der Waals surface area contributed by atoms with E-state index in [2.05, 4.69) is 0 Å². The van der Waals surface area contributed by atoms with Crippen LogP contribution in [-0.2, 0) is 44.4 Å². The number of hydrogen-bond acceptors (Lipinski definition) is 18. The van der Waals surface area contributed by atoms with Gasteiger partial charge in [-0.1, -0.05) is 18.2 Å². The fraction of sp³-hybridized carbons (Fsp3) is 0.368. The second-order valence-electron chi connectivity index (χ2n) is 13.0. The Bertz CT molecular complexity index is 1900. The summed E-state index contributed by atoms with van der Waals surface area (Å²) in [5, 5.41) is 101. The van der Waals surface area contributed by atoms with Crippen molar-refractivity contribution in [1.29, 1.82) is 0 Å². The Balaban J connectivity index is 1.41. The molecule has 0 spiro atoms. The van der Waals surface area contributed by atoms with Crippen LogP contribution in [0, 0.1) is 0 Å². The van der Waals surface area contributed by atoms with Gasteiger partial charge in [0, 0.05) is 12.2 Å². The molecule has 18 nitrogen and oxygen atoms in total. The molecule has 56 heavy (non-hydrogen) atoms. The molecule has 0 saturated carbocycles. The average molecular weight is 787 g/mol. The van der Waals surface area contributed by atoms with Gasteiger partial charge < -0.3 is 79.5 Å². The number of phenols is 6. The maximum Gasteiger partial charge on any atom is 0.331 e. The van der Waals surface area contributed by atoms with Crippen LogP contribution in [0.1, 0.15) is 23.6 Å². The molecule has 10 atom stereocenters. The molecule has 10 N–H and O–H groups in total. The number of aliphatic hydroxyl groups excluding tert-OH is 4. The molecule has 0 aliphatic carbocycles. The molecule has 0 amide bonds. The molecule has 3 aromatic rings. The number of aromatic hydroxyl groups is 6. The number of rotatable bonds is 13. The van der Waals surface area contributed by atoms with Crippen molar-refractivity contribution in [1.82, 2.24) is 0 Å². The number of aliphatic hydroxyl groups is 4. The maximum absolute atomic E-state index is 13.3. The lowest BCUT2D eigenvalue weighted by atomic mass is 9.97. The van der Waals surface area contributed by atoms with Crippen molar-refractivity contribution in [2.45, 2.75) is 74.8 Å². The summed E-state index contributed by atoms with van der Waals surface area (Å²) in [4.78, 5) is 26.1. The van der Waals surface area contributed by atoms with Gasteiger partial charge in [-0.2, -0.15) is 0 Å². The summed E-state index contributed by atoms with van der Waals surface area (Å²) >= 11 is 0. The SMILES string of the molecule is C[C@@H]1O[C@@H](O[C@@H]2[C@@H](O)[C@H](OCCc3ccc(O)c(O)c3)O[C@H](COC(=O)/C=C/c3ccc(O)c(O)c3)[C@H]2OC(=O)/C=C/c2ccc(O)c(O)c2)[C@H](O)[C@H](O)[C@H]1O. The first-order valence-electron chi connectivity index (χ1n) is 17.2. The molecular weight excluding hydrogens is 744 g/mol. The third-order valence-electron chi connectivity index (χ3n) is 8.89. The summed E-state index contributed by atoms with van der Waals surface area (Å²) in [5.74, 6) is -4.39. The van der Waals surface area contributed by atoms with Crippen molar-refractivity contribution >= 4 is 24.1 Å². The van der Waals surface area contributed by atoms with Crippen molar-refractivity contribution < 1.29 is 89.1 Å². The molecule has 2 aliphatic heterocycles. The van der Waals surface area contributed by atoms with Gasteiger partial charge in [-0.3, -0.25) is 0 Å². The largest absolute Gasteiger partial charge is 0.504 e. The topological polar surface area (TPSA) is 292 Å². The second-order valence-corrected chi connectivity index (χ2v) is 13.0. The van der Waals surface area contributed by atoms with Gasteiger partial charge in [-0.15, -0.1) is 0 Å². The van der Waals surface area contributed by atoms with Crippen molar-refractivity contribution in [3.63, 3.8) is 0 Å². The molecule has 2 aliphatic rings. The van der Waals surface area contributed by atoms with Crippen LogP contribution in [0.5, 0.6) is 34.5 Å². The minimum atomic E-state index is -1.86. The number of benzene rings is 3. The highest BCUT2D eigenvalue weighted by molar-refractivity contribution is 5.88. The van der Waals surface area contributed by atoms with E-state index in [1.54, 1.807) is 0 Å². The molecule has 0 bridgehead atoms. The van der Waals surface area contributed by atoms with E-state index in [0.717, 1.165) is 18.2 Å². The minimum absolute atomic E-state index is 0.130. The van der Waals surface area contributed by atoms with E-state index in [1.807, 2.05) is 0 Å². The van der Waals surface area contributed by atoms with Crippen LogP contribution in [-0.4, -0.2) is 138 Å². The average Bonchev–Trinajstić information content (AvgIpc) is 3.16. The van der Waals surface area contributed by atoms with Gasteiger partial charge in [0.15, 0.2) is 53.2 Å². The van der Waals surface area contributed by atoms with Crippen molar-refractivity contribution in [2.24, 2.45) is 0 Å². The molecule has 0 radical (unpaired) electrons. The molecule has 302 valence electrons. The Hall–Kier alpha value is -5.44. The van der Waals surface area contributed by atoms with Gasteiger partial charge >= 0.3 is 11.9 Å². The molecule has 0 aromatic heterocycles. The lowest BCUT2D eigenvalue weighted by Crippen LogP contribution is -2.65. The van der Waals surface area contributed by atoms with Gasteiger partial charge in [0.2, 0.25) is 0 Å². The molecule has 2 heterocycles. The molecule has 18 heteroatoms. The first-order valence-corrected chi connectivity index (χ1v) is 17.2. The summed E-state index contributed by atoms with van der Waals surface area (Å²) in [6.07, 6.45) is -11.6. The van der Waals surface area contributed by atoms with Crippen LogP contribution in [0.25, 0.3) is 12.2 Å². The molecule has 2 saturated heterocycles. The summed E-state index contributed by atoms with van der Waals surface area (Å²) in [6.45, 7) is 0.564. The predicted molar refractivity (Wildman–Crippen MR) is 190 cm³/mol. The molecule has 5 rings (SSSR count). The van der Waals surface area contributed by atoms with E-state index in [0.29, 0.717) is 11.1 Å². The van der Waals surface area contributed by atoms with E-state index < -0.39 is 97.2 Å². The quantitative estimate of drug-likeness (QED) is 0.0647. The molecular formula is C38H42O18. The van der Waals surface area contributed by atoms with Gasteiger partial charge in [0.05, 0.1) is 12.7 Å². The van der Waals surface area contributed by atoms with Gasteiger partial charge in [0.1, 0.15) is 43.2 Å². The first kappa shape index (κ1) is 41.7. The fourth-order valence-electron chi connectivity index (χ4n) is 5.76. The van der Waals surface area contributed by atoms with Crippen LogP contribution in [0.4, 0.5) is 0 Å². The van der Waals surface area contributed by atoms with Crippen LogP contribution in [0.2, 0.25) is 0 Å². The summed E-state index contributed by atoms with van der Waals surface area (Å²) in [5.41, 5.74) is 1.13. The smallest absolute Gasteiger partial charge is 0.331 e. The van der Waals surface area contributed by atoms with E-state index >= 15 is 0 Å². The molecule has 0 unspecified atom stereocenters. The van der Waals surface area contributed by atoms with Crippen LogP contribution in [0.3, 0.4) is 0 Å². The highest BCUT2D eigenvalue weighted by Crippen LogP contribution is 2.33. The number of carbonyl (C=O) groups excluding carboxylic acids is 2. The maximum atomic E-state index is 13.3. The lowest BCUT2D eigenvalue weighted by molar-refractivity contribution is -0.357. The number of ether oxygens (including phenoxy) is 6. The zero-order valence-corrected chi connectivity index (χ0v) is 29.6. The van der Waals surface area contributed by atoms with E-state index in [1.165, 1.54) is 67.6 Å². The Morgan fingerprint density at radius 1 is 0.643 bits per heavy atom. The summed E-state index contributed by atoms with van der Waals surface area (Å²) < 4.78 is 34.4. The Morgan fingerprint density at radius 2 is 1.21 bits per heavy atom.